The molecule has 1 amide bonds. The summed E-state index contributed by atoms with van der Waals surface area (Å²) < 4.78 is 0. The van der Waals surface area contributed by atoms with E-state index in [2.05, 4.69) is 16.4 Å². The molecular weight excluding hydrogens is 224 g/mol. The third-order valence-electron chi connectivity index (χ3n) is 3.31. The summed E-state index contributed by atoms with van der Waals surface area (Å²) in [6, 6.07) is 8.40. The normalized spacial score (nSPS) is 14.5. The topological polar surface area (TPSA) is 44.9 Å². The molecule has 2 aromatic rings. The number of carbonyl (C=O) groups excluding carboxylic acids is 1. The lowest BCUT2D eigenvalue weighted by Crippen LogP contribution is -2.26. The van der Waals surface area contributed by atoms with Crippen LogP contribution in [0.25, 0.3) is 11.1 Å². The van der Waals surface area contributed by atoms with E-state index in [0.29, 0.717) is 6.04 Å². The highest BCUT2D eigenvalue weighted by atomic mass is 16.1. The Balaban J connectivity index is 1.86. The summed E-state index contributed by atoms with van der Waals surface area (Å²) in [6.45, 7) is 1.98. The van der Waals surface area contributed by atoms with Crippen LogP contribution in [0.3, 0.4) is 0 Å². The zero-order chi connectivity index (χ0) is 12.5. The van der Waals surface area contributed by atoms with Crippen LogP contribution in [-0.4, -0.2) is 16.9 Å². The molecule has 0 unspecified atom stereocenters. The highest BCUT2D eigenvalue weighted by molar-refractivity contribution is 5.96. The van der Waals surface area contributed by atoms with Gasteiger partial charge in [0.1, 0.15) is 0 Å². The van der Waals surface area contributed by atoms with Crippen LogP contribution >= 0.6 is 0 Å². The minimum atomic E-state index is 0.0515. The fraction of sp³-hybridized carbons (Fsp3) is 0.267. The van der Waals surface area contributed by atoms with Crippen molar-refractivity contribution in [2.45, 2.75) is 25.8 Å². The van der Waals surface area contributed by atoms with Crippen LogP contribution < -0.4 is 5.32 Å². The second kappa shape index (κ2) is 4.33. The fourth-order valence-electron chi connectivity index (χ4n) is 2.09. The number of H-pyrrole nitrogens is 1. The van der Waals surface area contributed by atoms with Crippen molar-refractivity contribution in [2.75, 3.05) is 0 Å². The van der Waals surface area contributed by atoms with Gasteiger partial charge in [-0.15, -0.1) is 0 Å². The molecule has 1 heterocycles. The molecule has 1 aromatic heterocycles. The lowest BCUT2D eigenvalue weighted by Gasteiger charge is -2.08. The smallest absolute Gasteiger partial charge is 0.251 e. The van der Waals surface area contributed by atoms with E-state index in [1.807, 2.05) is 37.5 Å². The Morgan fingerprint density at radius 3 is 2.72 bits per heavy atom. The molecule has 0 aliphatic heterocycles. The zero-order valence-electron chi connectivity index (χ0n) is 10.4. The first-order valence-corrected chi connectivity index (χ1v) is 6.29. The highest BCUT2D eigenvalue weighted by Gasteiger charge is 2.24. The van der Waals surface area contributed by atoms with Gasteiger partial charge >= 0.3 is 0 Å². The van der Waals surface area contributed by atoms with Crippen LogP contribution in [0.4, 0.5) is 0 Å². The summed E-state index contributed by atoms with van der Waals surface area (Å²) in [6.07, 6.45) is 6.09. The van der Waals surface area contributed by atoms with Crippen molar-refractivity contribution in [1.29, 1.82) is 0 Å². The van der Waals surface area contributed by atoms with E-state index in [1.165, 1.54) is 0 Å². The van der Waals surface area contributed by atoms with E-state index >= 15 is 0 Å². The molecule has 1 fully saturated rings. The van der Waals surface area contributed by atoms with Crippen LogP contribution in [-0.2, 0) is 0 Å². The average molecular weight is 240 g/mol. The van der Waals surface area contributed by atoms with E-state index < -0.39 is 0 Å². The number of benzene rings is 1. The maximum atomic E-state index is 12.0. The Labute approximate surface area is 106 Å². The molecule has 2 N–H and O–H groups in total. The minimum Gasteiger partial charge on any atom is -0.367 e. The Morgan fingerprint density at radius 2 is 2.11 bits per heavy atom. The van der Waals surface area contributed by atoms with Gasteiger partial charge < -0.3 is 10.3 Å². The van der Waals surface area contributed by atoms with Gasteiger partial charge in [-0.05, 0) is 48.6 Å². The van der Waals surface area contributed by atoms with E-state index in [0.717, 1.165) is 35.1 Å². The average Bonchev–Trinajstić information content (AvgIpc) is 3.00. The highest BCUT2D eigenvalue weighted by Crippen LogP contribution is 2.23. The van der Waals surface area contributed by atoms with Crippen LogP contribution in [0.5, 0.6) is 0 Å². The molecule has 0 spiro atoms. The van der Waals surface area contributed by atoms with Crippen molar-refractivity contribution >= 4 is 5.91 Å². The molecule has 18 heavy (non-hydrogen) atoms. The summed E-state index contributed by atoms with van der Waals surface area (Å²) in [5.41, 5.74) is 4.08. The predicted octanol–water partition coefficient (Wildman–Crippen LogP) is 2.88. The number of aromatic amines is 1. The predicted molar refractivity (Wildman–Crippen MR) is 71.5 cm³/mol. The van der Waals surface area contributed by atoms with Crippen LogP contribution in [0.1, 0.15) is 28.8 Å². The second-order valence-corrected chi connectivity index (χ2v) is 4.88. The van der Waals surface area contributed by atoms with Crippen molar-refractivity contribution in [3.05, 3.63) is 47.8 Å². The van der Waals surface area contributed by atoms with Gasteiger partial charge in [-0.25, -0.2) is 0 Å². The van der Waals surface area contributed by atoms with Gasteiger partial charge in [0.2, 0.25) is 0 Å². The molecule has 3 nitrogen and oxygen atoms in total. The van der Waals surface area contributed by atoms with Crippen LogP contribution in [0.15, 0.2) is 36.7 Å². The van der Waals surface area contributed by atoms with Crippen molar-refractivity contribution in [2.24, 2.45) is 0 Å². The first-order valence-electron chi connectivity index (χ1n) is 6.29. The summed E-state index contributed by atoms with van der Waals surface area (Å²) in [7, 11) is 0. The van der Waals surface area contributed by atoms with Crippen molar-refractivity contribution in [3.8, 4) is 11.1 Å². The van der Waals surface area contributed by atoms with Gasteiger partial charge in [-0.3, -0.25) is 4.79 Å². The quantitative estimate of drug-likeness (QED) is 0.851. The maximum Gasteiger partial charge on any atom is 0.251 e. The number of aryl methyl sites for hydroxylation is 1. The standard InChI is InChI=1S/C15H16N2O/c1-10-8-11(12-6-7-16-9-12)2-5-14(10)15(18)17-13-3-4-13/h2,5-9,13,16H,3-4H2,1H3,(H,17,18). The molecule has 0 radical (unpaired) electrons. The first-order chi connectivity index (χ1) is 8.74. The van der Waals surface area contributed by atoms with Gasteiger partial charge in [-0.2, -0.15) is 0 Å². The Hall–Kier alpha value is -2.03. The number of hydrogen-bond acceptors (Lipinski definition) is 1. The zero-order valence-corrected chi connectivity index (χ0v) is 10.4. The van der Waals surface area contributed by atoms with E-state index in [-0.39, 0.29) is 5.91 Å². The molecule has 1 saturated carbocycles. The number of carbonyl (C=O) groups is 1. The monoisotopic (exact) mass is 240 g/mol. The number of nitrogens with one attached hydrogen (secondary N) is 2. The molecule has 1 aliphatic carbocycles. The Kier molecular flexibility index (Phi) is 2.67. The fourth-order valence-corrected chi connectivity index (χ4v) is 2.09. The lowest BCUT2D eigenvalue weighted by atomic mass is 10.0. The minimum absolute atomic E-state index is 0.0515. The van der Waals surface area contributed by atoms with Gasteiger partial charge in [0, 0.05) is 24.0 Å². The van der Waals surface area contributed by atoms with Gasteiger partial charge in [-0.1, -0.05) is 12.1 Å². The first kappa shape index (κ1) is 11.1. The largest absolute Gasteiger partial charge is 0.367 e. The van der Waals surface area contributed by atoms with Crippen molar-refractivity contribution < 1.29 is 4.79 Å². The lowest BCUT2D eigenvalue weighted by molar-refractivity contribution is 0.0950. The molecule has 1 aliphatic rings. The van der Waals surface area contributed by atoms with Gasteiger partial charge in [0.25, 0.3) is 5.91 Å². The number of rotatable bonds is 3. The molecule has 0 saturated heterocycles. The van der Waals surface area contributed by atoms with Gasteiger partial charge in [0.05, 0.1) is 0 Å². The molecule has 3 heteroatoms. The Morgan fingerprint density at radius 1 is 1.28 bits per heavy atom. The summed E-state index contributed by atoms with van der Waals surface area (Å²) in [5.74, 6) is 0.0515. The molecule has 3 rings (SSSR count). The maximum absolute atomic E-state index is 12.0. The number of hydrogen-bond donors (Lipinski definition) is 2. The SMILES string of the molecule is Cc1cc(-c2cc[nH]c2)ccc1C(=O)NC1CC1. The van der Waals surface area contributed by atoms with Crippen LogP contribution in [0.2, 0.25) is 0 Å². The van der Waals surface area contributed by atoms with E-state index in [4.69, 9.17) is 0 Å². The third kappa shape index (κ3) is 2.16. The summed E-state index contributed by atoms with van der Waals surface area (Å²) in [5, 5.41) is 3.02. The third-order valence-corrected chi connectivity index (χ3v) is 3.31. The number of amides is 1. The molecule has 0 atom stereocenters. The molecule has 0 bridgehead atoms. The molecular formula is C15H16N2O. The van der Waals surface area contributed by atoms with E-state index in [1.54, 1.807) is 0 Å². The van der Waals surface area contributed by atoms with Crippen molar-refractivity contribution in [1.82, 2.24) is 10.3 Å². The van der Waals surface area contributed by atoms with Crippen molar-refractivity contribution in [3.63, 3.8) is 0 Å². The number of aromatic nitrogens is 1. The molecule has 1 aromatic carbocycles. The van der Waals surface area contributed by atoms with Crippen LogP contribution in [0, 0.1) is 6.92 Å². The summed E-state index contributed by atoms with van der Waals surface area (Å²) in [4.78, 5) is 15.0. The molecule has 92 valence electrons. The second-order valence-electron chi connectivity index (χ2n) is 4.88. The van der Waals surface area contributed by atoms with E-state index in [9.17, 15) is 4.79 Å². The Bertz CT molecular complexity index is 568. The van der Waals surface area contributed by atoms with Gasteiger partial charge in [0.15, 0.2) is 0 Å². The summed E-state index contributed by atoms with van der Waals surface area (Å²) >= 11 is 0.